The third-order valence-corrected chi connectivity index (χ3v) is 3.64. The molecule has 0 unspecified atom stereocenters. The van der Waals surface area contributed by atoms with Crippen molar-refractivity contribution in [2.45, 2.75) is 38.6 Å². The second-order valence-electron chi connectivity index (χ2n) is 4.95. The molecule has 1 fully saturated rings. The van der Waals surface area contributed by atoms with Gasteiger partial charge in [0.25, 0.3) is 5.91 Å². The summed E-state index contributed by atoms with van der Waals surface area (Å²) in [5.74, 6) is 0.105. The summed E-state index contributed by atoms with van der Waals surface area (Å²) in [5.41, 5.74) is 0.658. The highest BCUT2D eigenvalue weighted by molar-refractivity contribution is 5.94. The molecule has 3 nitrogen and oxygen atoms in total. The van der Waals surface area contributed by atoms with Crippen LogP contribution in [-0.4, -0.2) is 17.7 Å². The van der Waals surface area contributed by atoms with Crippen molar-refractivity contribution in [1.29, 1.82) is 0 Å². The Morgan fingerprint density at radius 2 is 1.78 bits per heavy atom. The standard InChI is InChI=1S/C15H19NO2/c1-11(17)13-9-5-6-10-14(13)16-15(18)12-7-3-2-4-8-12/h2-4,7-8,13-14H,5-6,9-10H2,1H3,(H,16,18)/t13-,14-/m0/s1. The van der Waals surface area contributed by atoms with Crippen LogP contribution in [0.5, 0.6) is 0 Å². The summed E-state index contributed by atoms with van der Waals surface area (Å²) in [6.07, 6.45) is 3.98. The van der Waals surface area contributed by atoms with Gasteiger partial charge in [0, 0.05) is 17.5 Å². The monoisotopic (exact) mass is 245 g/mol. The lowest BCUT2D eigenvalue weighted by Crippen LogP contribution is -2.44. The molecule has 96 valence electrons. The van der Waals surface area contributed by atoms with E-state index in [0.717, 1.165) is 25.7 Å². The molecule has 0 heterocycles. The van der Waals surface area contributed by atoms with Gasteiger partial charge in [-0.25, -0.2) is 0 Å². The molecule has 1 aromatic rings. The quantitative estimate of drug-likeness (QED) is 0.889. The van der Waals surface area contributed by atoms with Crippen LogP contribution in [0.2, 0.25) is 0 Å². The summed E-state index contributed by atoms with van der Waals surface area (Å²) in [6.45, 7) is 1.62. The third-order valence-electron chi connectivity index (χ3n) is 3.64. The second-order valence-corrected chi connectivity index (χ2v) is 4.95. The summed E-state index contributed by atoms with van der Waals surface area (Å²) < 4.78 is 0. The molecule has 1 aliphatic carbocycles. The Hall–Kier alpha value is -1.64. The van der Waals surface area contributed by atoms with Crippen LogP contribution in [0.25, 0.3) is 0 Å². The number of carbonyl (C=O) groups is 2. The van der Waals surface area contributed by atoms with Gasteiger partial charge in [0.2, 0.25) is 0 Å². The maximum absolute atomic E-state index is 12.1. The Kier molecular flexibility index (Phi) is 4.13. The highest BCUT2D eigenvalue weighted by Crippen LogP contribution is 2.25. The first-order chi connectivity index (χ1) is 8.68. The summed E-state index contributed by atoms with van der Waals surface area (Å²) >= 11 is 0. The van der Waals surface area contributed by atoms with Gasteiger partial charge in [0.05, 0.1) is 0 Å². The largest absolute Gasteiger partial charge is 0.349 e. The van der Waals surface area contributed by atoms with E-state index in [1.165, 1.54) is 0 Å². The smallest absolute Gasteiger partial charge is 0.251 e. The molecule has 0 radical (unpaired) electrons. The molecule has 1 aromatic carbocycles. The molecule has 2 rings (SSSR count). The number of nitrogens with one attached hydrogen (secondary N) is 1. The van der Waals surface area contributed by atoms with Crippen LogP contribution in [-0.2, 0) is 4.79 Å². The fourth-order valence-electron chi connectivity index (χ4n) is 2.63. The van der Waals surface area contributed by atoms with Gasteiger partial charge in [-0.1, -0.05) is 31.0 Å². The first kappa shape index (κ1) is 12.8. The van der Waals surface area contributed by atoms with Gasteiger partial charge in [-0.15, -0.1) is 0 Å². The number of amides is 1. The molecule has 18 heavy (non-hydrogen) atoms. The number of Topliss-reactive ketones (excluding diaryl/α,β-unsaturated/α-hetero) is 1. The number of benzene rings is 1. The van der Waals surface area contributed by atoms with E-state index >= 15 is 0 Å². The van der Waals surface area contributed by atoms with Gasteiger partial charge >= 0.3 is 0 Å². The predicted octanol–water partition coefficient (Wildman–Crippen LogP) is 2.56. The van der Waals surface area contributed by atoms with Crippen molar-refractivity contribution in [2.75, 3.05) is 0 Å². The van der Waals surface area contributed by atoms with Crippen molar-refractivity contribution >= 4 is 11.7 Å². The van der Waals surface area contributed by atoms with E-state index in [2.05, 4.69) is 5.32 Å². The van der Waals surface area contributed by atoms with Gasteiger partial charge in [-0.05, 0) is 31.9 Å². The van der Waals surface area contributed by atoms with Crippen molar-refractivity contribution < 1.29 is 9.59 Å². The van der Waals surface area contributed by atoms with Crippen LogP contribution in [0.4, 0.5) is 0 Å². The van der Waals surface area contributed by atoms with E-state index in [-0.39, 0.29) is 23.7 Å². The van der Waals surface area contributed by atoms with Crippen molar-refractivity contribution in [1.82, 2.24) is 5.32 Å². The third kappa shape index (κ3) is 2.97. The zero-order valence-corrected chi connectivity index (χ0v) is 10.7. The fourth-order valence-corrected chi connectivity index (χ4v) is 2.63. The predicted molar refractivity (Wildman–Crippen MR) is 70.3 cm³/mol. The molecule has 1 aliphatic rings. The maximum Gasteiger partial charge on any atom is 0.251 e. The van der Waals surface area contributed by atoms with Gasteiger partial charge in [0.1, 0.15) is 5.78 Å². The van der Waals surface area contributed by atoms with Crippen LogP contribution < -0.4 is 5.32 Å². The number of carbonyl (C=O) groups excluding carboxylic acids is 2. The van der Waals surface area contributed by atoms with E-state index < -0.39 is 0 Å². The molecule has 0 aliphatic heterocycles. The summed E-state index contributed by atoms with van der Waals surface area (Å²) in [4.78, 5) is 23.6. The summed E-state index contributed by atoms with van der Waals surface area (Å²) in [7, 11) is 0. The lowest BCUT2D eigenvalue weighted by Gasteiger charge is -2.30. The van der Waals surface area contributed by atoms with Gasteiger partial charge in [0.15, 0.2) is 0 Å². The van der Waals surface area contributed by atoms with E-state index in [1.807, 2.05) is 18.2 Å². The van der Waals surface area contributed by atoms with E-state index in [4.69, 9.17) is 0 Å². The normalized spacial score (nSPS) is 23.4. The first-order valence-electron chi connectivity index (χ1n) is 6.55. The molecule has 0 aromatic heterocycles. The van der Waals surface area contributed by atoms with Crippen molar-refractivity contribution in [3.63, 3.8) is 0 Å². The zero-order valence-electron chi connectivity index (χ0n) is 10.7. The van der Waals surface area contributed by atoms with Crippen LogP contribution in [0.15, 0.2) is 30.3 Å². The Morgan fingerprint density at radius 3 is 2.44 bits per heavy atom. The first-order valence-corrected chi connectivity index (χ1v) is 6.55. The fraction of sp³-hybridized carbons (Fsp3) is 0.467. The molecule has 2 atom stereocenters. The number of ketones is 1. The Labute approximate surface area is 108 Å². The SMILES string of the molecule is CC(=O)[C@@H]1CCCC[C@@H]1NC(=O)c1ccccc1. The molecule has 0 saturated heterocycles. The average molecular weight is 245 g/mol. The lowest BCUT2D eigenvalue weighted by molar-refractivity contribution is -0.122. The van der Waals surface area contributed by atoms with Gasteiger partial charge in [-0.2, -0.15) is 0 Å². The van der Waals surface area contributed by atoms with Crippen LogP contribution in [0, 0.1) is 5.92 Å². The van der Waals surface area contributed by atoms with Gasteiger partial charge < -0.3 is 5.32 Å². The summed E-state index contributed by atoms with van der Waals surface area (Å²) in [6, 6.07) is 9.16. The van der Waals surface area contributed by atoms with E-state index in [1.54, 1.807) is 19.1 Å². The van der Waals surface area contributed by atoms with Crippen LogP contribution >= 0.6 is 0 Å². The van der Waals surface area contributed by atoms with Gasteiger partial charge in [-0.3, -0.25) is 9.59 Å². The minimum Gasteiger partial charge on any atom is -0.349 e. The van der Waals surface area contributed by atoms with E-state index in [0.29, 0.717) is 5.56 Å². The topological polar surface area (TPSA) is 46.2 Å². The highest BCUT2D eigenvalue weighted by Gasteiger charge is 2.29. The number of hydrogen-bond acceptors (Lipinski definition) is 2. The Morgan fingerprint density at radius 1 is 1.11 bits per heavy atom. The van der Waals surface area contributed by atoms with Crippen molar-refractivity contribution in [3.05, 3.63) is 35.9 Å². The minimum atomic E-state index is -0.0752. The minimum absolute atomic E-state index is 0.00366. The highest BCUT2D eigenvalue weighted by atomic mass is 16.2. The van der Waals surface area contributed by atoms with E-state index in [9.17, 15) is 9.59 Å². The number of rotatable bonds is 3. The van der Waals surface area contributed by atoms with Crippen LogP contribution in [0.3, 0.4) is 0 Å². The van der Waals surface area contributed by atoms with Crippen molar-refractivity contribution in [3.8, 4) is 0 Å². The maximum atomic E-state index is 12.1. The van der Waals surface area contributed by atoms with Crippen LogP contribution in [0.1, 0.15) is 43.0 Å². The van der Waals surface area contributed by atoms with Crippen molar-refractivity contribution in [2.24, 2.45) is 5.92 Å². The molecular formula is C15H19NO2. The molecular weight excluding hydrogens is 226 g/mol. The molecule has 3 heteroatoms. The second kappa shape index (κ2) is 5.80. The Balaban J connectivity index is 2.03. The Bertz CT molecular complexity index is 427. The molecule has 1 amide bonds. The average Bonchev–Trinajstić information content (AvgIpc) is 2.40. The number of hydrogen-bond donors (Lipinski definition) is 1. The zero-order chi connectivity index (χ0) is 13.0. The molecule has 1 N–H and O–H groups in total. The molecule has 0 spiro atoms. The lowest BCUT2D eigenvalue weighted by atomic mass is 9.82. The summed E-state index contributed by atoms with van der Waals surface area (Å²) in [5, 5.41) is 3.01. The molecule has 1 saturated carbocycles. The molecule has 0 bridgehead atoms.